The zero-order chi connectivity index (χ0) is 21.0. The lowest BCUT2D eigenvalue weighted by Crippen LogP contribution is -2.18. The first-order chi connectivity index (χ1) is 14.0. The van der Waals surface area contributed by atoms with Crippen LogP contribution in [-0.2, 0) is 6.54 Å². The molecule has 0 saturated carbocycles. The van der Waals surface area contributed by atoms with Crippen molar-refractivity contribution >= 4 is 24.2 Å². The summed E-state index contributed by atoms with van der Waals surface area (Å²) in [6, 6.07) is 11.6. The van der Waals surface area contributed by atoms with Crippen LogP contribution in [0.4, 0.5) is 10.2 Å². The fraction of sp³-hybridized carbons (Fsp3) is 0.182. The molecule has 0 atom stereocenters. The van der Waals surface area contributed by atoms with Crippen molar-refractivity contribution in [3.63, 3.8) is 0 Å². The predicted octanol–water partition coefficient (Wildman–Crippen LogP) is 4.27. The van der Waals surface area contributed by atoms with Gasteiger partial charge in [0.2, 0.25) is 0 Å². The van der Waals surface area contributed by atoms with Gasteiger partial charge in [-0.1, -0.05) is 24.3 Å². The fourth-order valence-electron chi connectivity index (χ4n) is 3.15. The Hall–Kier alpha value is -3.61. The van der Waals surface area contributed by atoms with Crippen LogP contribution < -0.4 is 15.2 Å². The van der Waals surface area contributed by atoms with E-state index >= 15 is 0 Å². The average molecular weight is 395 g/mol. The molecule has 0 aliphatic carbocycles. The molecule has 1 heterocycles. The first-order valence-electron chi connectivity index (χ1n) is 8.92. The number of benzene rings is 2. The number of ether oxygens (including phenoxy) is 2. The van der Waals surface area contributed by atoms with Gasteiger partial charge in [0.25, 0.3) is 0 Å². The fourth-order valence-corrected chi connectivity index (χ4v) is 3.15. The van der Waals surface area contributed by atoms with Crippen molar-refractivity contribution in [2.75, 3.05) is 14.2 Å². The number of nitrogens with one attached hydrogen (secondary N) is 1. The summed E-state index contributed by atoms with van der Waals surface area (Å²) in [6.07, 6.45) is 1.84. The molecule has 150 valence electrons. The van der Waals surface area contributed by atoms with Gasteiger partial charge in [0.1, 0.15) is 5.82 Å². The van der Waals surface area contributed by atoms with Crippen molar-refractivity contribution < 1.29 is 13.9 Å². The van der Waals surface area contributed by atoms with Gasteiger partial charge in [-0.2, -0.15) is 0 Å². The van der Waals surface area contributed by atoms with E-state index < -0.39 is 0 Å². The SMILES string of the molecule is C=Nc1[nH]c(=O)n(Cc2ccc(F)cc2)c1/C=C(\C)c1cccc(OC)c1OC. The Kier molecular flexibility index (Phi) is 5.97. The van der Waals surface area contributed by atoms with Crippen LogP contribution in [0.1, 0.15) is 23.7 Å². The van der Waals surface area contributed by atoms with Gasteiger partial charge in [-0.3, -0.25) is 9.55 Å². The number of hydrogen-bond donors (Lipinski definition) is 1. The van der Waals surface area contributed by atoms with Gasteiger partial charge in [-0.05, 0) is 49.1 Å². The van der Waals surface area contributed by atoms with E-state index in [9.17, 15) is 9.18 Å². The zero-order valence-electron chi connectivity index (χ0n) is 16.5. The number of aliphatic imine (C=N–C) groups is 1. The van der Waals surface area contributed by atoms with E-state index in [0.29, 0.717) is 23.0 Å². The standard InChI is InChI=1S/C22H22FN3O3/c1-14(17-6-5-7-19(28-3)20(17)29-4)12-18-21(24-2)25-22(27)26(18)13-15-8-10-16(23)11-9-15/h5-12H,2,13H2,1,3-4H3,(H,25,27)/b14-12+. The lowest BCUT2D eigenvalue weighted by molar-refractivity contribution is 0.354. The largest absolute Gasteiger partial charge is 0.493 e. The summed E-state index contributed by atoms with van der Waals surface area (Å²) in [7, 11) is 3.15. The summed E-state index contributed by atoms with van der Waals surface area (Å²) in [6.45, 7) is 5.72. The van der Waals surface area contributed by atoms with Gasteiger partial charge >= 0.3 is 5.69 Å². The molecule has 0 amide bonds. The lowest BCUT2D eigenvalue weighted by Gasteiger charge is -2.13. The van der Waals surface area contributed by atoms with Crippen LogP contribution in [0, 0.1) is 5.82 Å². The molecule has 0 saturated heterocycles. The van der Waals surface area contributed by atoms with E-state index in [2.05, 4.69) is 16.7 Å². The lowest BCUT2D eigenvalue weighted by atomic mass is 10.0. The molecule has 1 aromatic heterocycles. The second kappa shape index (κ2) is 8.60. The summed E-state index contributed by atoms with van der Waals surface area (Å²) >= 11 is 0. The van der Waals surface area contributed by atoms with Crippen LogP contribution in [0.5, 0.6) is 11.5 Å². The average Bonchev–Trinajstić information content (AvgIpc) is 3.03. The smallest absolute Gasteiger partial charge is 0.327 e. The molecule has 3 aromatic rings. The molecule has 0 spiro atoms. The van der Waals surface area contributed by atoms with Crippen molar-refractivity contribution in [3.05, 3.63) is 75.6 Å². The monoisotopic (exact) mass is 395 g/mol. The maximum atomic E-state index is 13.2. The first kappa shape index (κ1) is 20.1. The van der Waals surface area contributed by atoms with Crippen molar-refractivity contribution in [3.8, 4) is 11.5 Å². The van der Waals surface area contributed by atoms with Crippen LogP contribution in [0.2, 0.25) is 0 Å². The molecule has 0 aliphatic heterocycles. The number of rotatable bonds is 7. The van der Waals surface area contributed by atoms with Crippen molar-refractivity contribution in [1.82, 2.24) is 9.55 Å². The number of hydrogen-bond acceptors (Lipinski definition) is 4. The van der Waals surface area contributed by atoms with E-state index in [1.54, 1.807) is 26.4 Å². The van der Waals surface area contributed by atoms with Crippen molar-refractivity contribution in [2.45, 2.75) is 13.5 Å². The molecular formula is C22H22FN3O3. The molecule has 3 rings (SSSR count). The highest BCUT2D eigenvalue weighted by molar-refractivity contribution is 5.85. The van der Waals surface area contributed by atoms with Gasteiger partial charge in [-0.25, -0.2) is 14.2 Å². The summed E-state index contributed by atoms with van der Waals surface area (Å²) in [5.74, 6) is 1.24. The molecule has 0 unspecified atom stereocenters. The maximum absolute atomic E-state index is 13.2. The normalized spacial score (nSPS) is 11.4. The molecule has 6 nitrogen and oxygen atoms in total. The first-order valence-corrected chi connectivity index (χ1v) is 8.92. The maximum Gasteiger partial charge on any atom is 0.327 e. The van der Waals surface area contributed by atoms with Gasteiger partial charge in [0.05, 0.1) is 26.5 Å². The quantitative estimate of drug-likeness (QED) is 0.608. The number of methoxy groups -OCH3 is 2. The van der Waals surface area contributed by atoms with Gasteiger partial charge in [0.15, 0.2) is 17.3 Å². The van der Waals surface area contributed by atoms with Crippen molar-refractivity contribution in [2.24, 2.45) is 4.99 Å². The minimum Gasteiger partial charge on any atom is -0.493 e. The van der Waals surface area contributed by atoms with E-state index in [-0.39, 0.29) is 18.1 Å². The number of allylic oxidation sites excluding steroid dienone is 1. The van der Waals surface area contributed by atoms with Gasteiger partial charge in [0, 0.05) is 5.56 Å². The molecule has 0 bridgehead atoms. The minimum absolute atomic E-state index is 0.263. The number of nitrogens with zero attached hydrogens (tertiary/aromatic N) is 2. The molecule has 29 heavy (non-hydrogen) atoms. The third kappa shape index (κ3) is 4.13. The second-order valence-electron chi connectivity index (χ2n) is 6.40. The summed E-state index contributed by atoms with van der Waals surface area (Å²) < 4.78 is 25.6. The molecule has 0 radical (unpaired) electrons. The van der Waals surface area contributed by atoms with Gasteiger partial charge in [-0.15, -0.1) is 0 Å². The Balaban J connectivity index is 2.10. The zero-order valence-corrected chi connectivity index (χ0v) is 16.5. The van der Waals surface area contributed by atoms with E-state index in [0.717, 1.165) is 16.7 Å². The van der Waals surface area contributed by atoms with Crippen LogP contribution in [0.25, 0.3) is 11.6 Å². The highest BCUT2D eigenvalue weighted by atomic mass is 19.1. The Morgan fingerprint density at radius 3 is 2.55 bits per heavy atom. The molecule has 2 aromatic carbocycles. The van der Waals surface area contributed by atoms with Crippen molar-refractivity contribution in [1.29, 1.82) is 0 Å². The number of aromatic amines is 1. The Morgan fingerprint density at radius 1 is 1.21 bits per heavy atom. The topological polar surface area (TPSA) is 68.6 Å². The Labute approximate surface area is 167 Å². The number of para-hydroxylation sites is 1. The Bertz CT molecular complexity index is 1110. The highest BCUT2D eigenvalue weighted by Gasteiger charge is 2.15. The van der Waals surface area contributed by atoms with Gasteiger partial charge < -0.3 is 9.47 Å². The third-order valence-corrected chi connectivity index (χ3v) is 4.60. The van der Waals surface area contributed by atoms with E-state index in [1.165, 1.54) is 16.7 Å². The molecular weight excluding hydrogens is 373 g/mol. The minimum atomic E-state index is -0.329. The van der Waals surface area contributed by atoms with Crippen LogP contribution in [-0.4, -0.2) is 30.5 Å². The molecule has 0 aliphatic rings. The second-order valence-corrected chi connectivity index (χ2v) is 6.40. The predicted molar refractivity (Wildman–Crippen MR) is 113 cm³/mol. The van der Waals surface area contributed by atoms with Crippen LogP contribution in [0.15, 0.2) is 52.3 Å². The molecule has 1 N–H and O–H groups in total. The number of H-pyrrole nitrogens is 1. The van der Waals surface area contributed by atoms with E-state index in [1.807, 2.05) is 31.2 Å². The third-order valence-electron chi connectivity index (χ3n) is 4.60. The summed E-state index contributed by atoms with van der Waals surface area (Å²) in [5.41, 5.74) is 2.70. The molecule has 7 heteroatoms. The number of imidazole rings is 1. The highest BCUT2D eigenvalue weighted by Crippen LogP contribution is 2.36. The number of halogens is 1. The van der Waals surface area contributed by atoms with Crippen LogP contribution >= 0.6 is 0 Å². The number of aromatic nitrogens is 2. The van der Waals surface area contributed by atoms with Crippen LogP contribution in [0.3, 0.4) is 0 Å². The Morgan fingerprint density at radius 2 is 1.93 bits per heavy atom. The summed E-state index contributed by atoms with van der Waals surface area (Å²) in [5, 5.41) is 0. The van der Waals surface area contributed by atoms with E-state index in [4.69, 9.17) is 9.47 Å². The molecule has 0 fully saturated rings. The summed E-state index contributed by atoms with van der Waals surface area (Å²) in [4.78, 5) is 19.2.